The molecule has 0 saturated heterocycles. The van der Waals surface area contributed by atoms with Crippen molar-refractivity contribution in [2.75, 3.05) is 0 Å². The van der Waals surface area contributed by atoms with Crippen molar-refractivity contribution in [2.45, 2.75) is 54.4 Å². The van der Waals surface area contributed by atoms with Crippen LogP contribution < -0.4 is 0 Å². The van der Waals surface area contributed by atoms with Gasteiger partial charge in [0.25, 0.3) is 0 Å². The summed E-state index contributed by atoms with van der Waals surface area (Å²) >= 11 is 0. The number of fused-ring (bicyclic) bond motifs is 3. The van der Waals surface area contributed by atoms with Gasteiger partial charge < -0.3 is 0 Å². The van der Waals surface area contributed by atoms with E-state index in [2.05, 4.69) is 56.6 Å². The SMILES string of the molecule is C=C/C(=C\C)C1=CN=C2C1C=CC1=CC12C.CC.CCCC. The van der Waals surface area contributed by atoms with E-state index in [0.717, 1.165) is 0 Å². The van der Waals surface area contributed by atoms with Crippen molar-refractivity contribution in [3.63, 3.8) is 0 Å². The van der Waals surface area contributed by atoms with Gasteiger partial charge in [-0.1, -0.05) is 77.5 Å². The van der Waals surface area contributed by atoms with Crippen molar-refractivity contribution in [1.29, 1.82) is 0 Å². The molecule has 0 amide bonds. The molecule has 2 atom stereocenters. The molecule has 1 nitrogen and oxygen atoms in total. The molecule has 2 unspecified atom stereocenters. The molecule has 0 N–H and O–H groups in total. The van der Waals surface area contributed by atoms with Gasteiger partial charge in [-0.2, -0.15) is 0 Å². The number of aliphatic imine (C=N–C) groups is 1. The first-order valence-electron chi connectivity index (χ1n) is 8.61. The number of rotatable bonds is 3. The van der Waals surface area contributed by atoms with Crippen LogP contribution in [0.4, 0.5) is 0 Å². The highest BCUT2D eigenvalue weighted by Gasteiger charge is 2.49. The van der Waals surface area contributed by atoms with Crippen molar-refractivity contribution >= 4 is 5.71 Å². The normalized spacial score (nSPS) is 26.9. The van der Waals surface area contributed by atoms with E-state index >= 15 is 0 Å². The molecular weight excluding hydrogens is 266 g/mol. The Bertz CT molecular complexity index is 552. The van der Waals surface area contributed by atoms with E-state index in [0.29, 0.717) is 5.92 Å². The van der Waals surface area contributed by atoms with Crippen molar-refractivity contribution in [2.24, 2.45) is 16.3 Å². The molecule has 1 heteroatoms. The second-order valence-corrected chi connectivity index (χ2v) is 5.69. The molecule has 0 aromatic rings. The van der Waals surface area contributed by atoms with E-state index in [9.17, 15) is 0 Å². The maximum absolute atomic E-state index is 4.61. The summed E-state index contributed by atoms with van der Waals surface area (Å²) in [7, 11) is 0. The Morgan fingerprint density at radius 1 is 1.32 bits per heavy atom. The molecule has 120 valence electrons. The van der Waals surface area contributed by atoms with Crippen molar-refractivity contribution in [3.8, 4) is 0 Å². The molecule has 3 aliphatic rings. The molecular formula is C21H31N. The Labute approximate surface area is 136 Å². The third-order valence-electron chi connectivity index (χ3n) is 4.30. The number of hydrogen-bond donors (Lipinski definition) is 0. The van der Waals surface area contributed by atoms with Gasteiger partial charge in [0.2, 0.25) is 0 Å². The van der Waals surface area contributed by atoms with Crippen LogP contribution in [0.2, 0.25) is 0 Å². The molecule has 0 aromatic heterocycles. The third kappa shape index (κ3) is 3.40. The van der Waals surface area contributed by atoms with Crippen molar-refractivity contribution in [3.05, 3.63) is 59.9 Å². The molecule has 3 rings (SSSR count). The van der Waals surface area contributed by atoms with Gasteiger partial charge in [-0.25, -0.2) is 0 Å². The van der Waals surface area contributed by atoms with E-state index in [1.54, 1.807) is 0 Å². The van der Waals surface area contributed by atoms with Crippen LogP contribution in [0.5, 0.6) is 0 Å². The minimum Gasteiger partial charge on any atom is -0.263 e. The first-order valence-corrected chi connectivity index (χ1v) is 8.61. The van der Waals surface area contributed by atoms with Crippen LogP contribution >= 0.6 is 0 Å². The van der Waals surface area contributed by atoms with Crippen LogP contribution in [0.1, 0.15) is 54.4 Å². The summed E-state index contributed by atoms with van der Waals surface area (Å²) in [5.74, 6) is 0.358. The highest BCUT2D eigenvalue weighted by molar-refractivity contribution is 6.07. The van der Waals surface area contributed by atoms with Gasteiger partial charge in [0.1, 0.15) is 0 Å². The summed E-state index contributed by atoms with van der Waals surface area (Å²) in [4.78, 5) is 4.61. The summed E-state index contributed by atoms with van der Waals surface area (Å²) in [6, 6.07) is 0. The van der Waals surface area contributed by atoms with Gasteiger partial charge in [0.05, 0.1) is 0 Å². The Kier molecular flexibility index (Phi) is 6.80. The smallest absolute Gasteiger partial charge is 0.0500 e. The second-order valence-electron chi connectivity index (χ2n) is 5.69. The monoisotopic (exact) mass is 297 g/mol. The second kappa shape index (κ2) is 8.12. The summed E-state index contributed by atoms with van der Waals surface area (Å²) in [6.07, 6.45) is 15.4. The minimum absolute atomic E-state index is 0.150. The topological polar surface area (TPSA) is 12.4 Å². The number of unbranched alkanes of at least 4 members (excludes halogenated alkanes) is 1. The lowest BCUT2D eigenvalue weighted by molar-refractivity contribution is 0.802. The van der Waals surface area contributed by atoms with Gasteiger partial charge >= 0.3 is 0 Å². The Hall–Kier alpha value is -1.63. The molecule has 1 heterocycles. The van der Waals surface area contributed by atoms with Crippen molar-refractivity contribution in [1.82, 2.24) is 0 Å². The maximum atomic E-state index is 4.61. The summed E-state index contributed by atoms with van der Waals surface area (Å²) < 4.78 is 0. The molecule has 2 aliphatic carbocycles. The van der Waals surface area contributed by atoms with Gasteiger partial charge in [0.15, 0.2) is 0 Å². The number of hydrogen-bond acceptors (Lipinski definition) is 1. The van der Waals surface area contributed by atoms with E-state index in [1.807, 2.05) is 33.0 Å². The zero-order valence-corrected chi connectivity index (χ0v) is 15.1. The highest BCUT2D eigenvalue weighted by atomic mass is 14.8. The Morgan fingerprint density at radius 2 is 1.95 bits per heavy atom. The molecule has 0 aromatic carbocycles. The number of nitrogens with zero attached hydrogens (tertiary/aromatic N) is 1. The first kappa shape index (κ1) is 18.4. The lowest BCUT2D eigenvalue weighted by Gasteiger charge is -2.23. The molecule has 0 saturated carbocycles. The fourth-order valence-corrected chi connectivity index (χ4v) is 2.67. The fourth-order valence-electron chi connectivity index (χ4n) is 2.67. The molecule has 0 spiro atoms. The molecule has 0 radical (unpaired) electrons. The molecule has 22 heavy (non-hydrogen) atoms. The van der Waals surface area contributed by atoms with Gasteiger partial charge in [-0.05, 0) is 30.6 Å². The third-order valence-corrected chi connectivity index (χ3v) is 4.30. The van der Waals surface area contributed by atoms with Crippen LogP contribution in [0.3, 0.4) is 0 Å². The predicted molar refractivity (Wildman–Crippen MR) is 100 cm³/mol. The van der Waals surface area contributed by atoms with E-state index in [1.165, 1.54) is 35.3 Å². The number of allylic oxidation sites excluding steroid dienone is 8. The highest BCUT2D eigenvalue weighted by Crippen LogP contribution is 2.53. The molecule has 1 aliphatic heterocycles. The first-order chi connectivity index (χ1) is 10.6. The summed E-state index contributed by atoms with van der Waals surface area (Å²) in [5.41, 5.74) is 5.32. The van der Waals surface area contributed by atoms with Crippen LogP contribution in [-0.4, -0.2) is 5.71 Å². The minimum atomic E-state index is 0.150. The van der Waals surface area contributed by atoms with E-state index in [4.69, 9.17) is 0 Å². The lowest BCUT2D eigenvalue weighted by atomic mass is 9.78. The zero-order chi connectivity index (χ0) is 16.8. The van der Waals surface area contributed by atoms with Crippen LogP contribution in [0.15, 0.2) is 64.9 Å². The van der Waals surface area contributed by atoms with E-state index < -0.39 is 0 Å². The van der Waals surface area contributed by atoms with Crippen molar-refractivity contribution < 1.29 is 0 Å². The average Bonchev–Trinajstić information content (AvgIpc) is 3.07. The Morgan fingerprint density at radius 3 is 2.45 bits per heavy atom. The predicted octanol–water partition coefficient (Wildman–Crippen LogP) is 6.42. The Balaban J connectivity index is 0.000000354. The standard InChI is InChI=1S/C15H15N.C4H10.C2H6/c1-4-10(5-2)13-9-16-14-12(13)7-6-11-8-15(11,14)3;1-3-4-2;1-2/h4-9,12H,1H2,2-3H3;3-4H2,1-2H3;1-2H3/b10-5+;;. The zero-order valence-electron chi connectivity index (χ0n) is 15.1. The molecule has 0 bridgehead atoms. The summed E-state index contributed by atoms with van der Waals surface area (Å²) in [5, 5.41) is 0. The maximum Gasteiger partial charge on any atom is 0.0500 e. The van der Waals surface area contributed by atoms with Gasteiger partial charge in [-0.15, -0.1) is 0 Å². The summed E-state index contributed by atoms with van der Waals surface area (Å²) in [6.45, 7) is 16.5. The quantitative estimate of drug-likeness (QED) is 0.533. The lowest BCUT2D eigenvalue weighted by Crippen LogP contribution is -2.25. The van der Waals surface area contributed by atoms with Crippen LogP contribution in [-0.2, 0) is 0 Å². The molecule has 0 fully saturated rings. The fraction of sp³-hybridized carbons (Fsp3) is 0.476. The van der Waals surface area contributed by atoms with Gasteiger partial charge in [-0.3, -0.25) is 4.99 Å². The largest absolute Gasteiger partial charge is 0.263 e. The average molecular weight is 297 g/mol. The van der Waals surface area contributed by atoms with Crippen LogP contribution in [0.25, 0.3) is 0 Å². The van der Waals surface area contributed by atoms with E-state index in [-0.39, 0.29) is 5.41 Å². The van der Waals surface area contributed by atoms with Gasteiger partial charge in [0, 0.05) is 23.2 Å². The van der Waals surface area contributed by atoms with Crippen LogP contribution in [0, 0.1) is 11.3 Å².